The highest BCUT2D eigenvalue weighted by atomic mass is 35.5. The van der Waals surface area contributed by atoms with Gasteiger partial charge < -0.3 is 4.90 Å². The van der Waals surface area contributed by atoms with Crippen molar-refractivity contribution in [3.05, 3.63) is 64.2 Å². The SMILES string of the molecule is O=C(c1ccc(Cl)cc1)N1CCN(S(=O)(=O)c2ccc3c(c2)CCC3)CC1. The maximum absolute atomic E-state index is 13.0. The van der Waals surface area contributed by atoms with Crippen LogP contribution in [0.5, 0.6) is 0 Å². The lowest BCUT2D eigenvalue weighted by Gasteiger charge is -2.34. The first-order chi connectivity index (χ1) is 12.9. The van der Waals surface area contributed by atoms with Gasteiger partial charge in [0.1, 0.15) is 0 Å². The molecule has 0 unspecified atom stereocenters. The monoisotopic (exact) mass is 404 g/mol. The molecule has 27 heavy (non-hydrogen) atoms. The zero-order valence-corrected chi connectivity index (χ0v) is 16.5. The lowest BCUT2D eigenvalue weighted by atomic mass is 10.1. The summed E-state index contributed by atoms with van der Waals surface area (Å²) < 4.78 is 27.4. The Kier molecular flexibility index (Phi) is 4.97. The number of carbonyl (C=O) groups is 1. The van der Waals surface area contributed by atoms with Crippen LogP contribution in [-0.2, 0) is 22.9 Å². The predicted molar refractivity (Wildman–Crippen MR) is 105 cm³/mol. The zero-order chi connectivity index (χ0) is 19.0. The molecule has 1 aliphatic heterocycles. The Bertz CT molecular complexity index is 965. The van der Waals surface area contributed by atoms with Crippen LogP contribution in [0.15, 0.2) is 47.4 Å². The summed E-state index contributed by atoms with van der Waals surface area (Å²) in [4.78, 5) is 14.6. The molecular weight excluding hydrogens is 384 g/mol. The highest BCUT2D eigenvalue weighted by molar-refractivity contribution is 7.89. The Labute approximate surface area is 164 Å². The zero-order valence-electron chi connectivity index (χ0n) is 14.9. The van der Waals surface area contributed by atoms with Gasteiger partial charge in [0.25, 0.3) is 5.91 Å². The first-order valence-corrected chi connectivity index (χ1v) is 10.9. The Morgan fingerprint density at radius 3 is 2.26 bits per heavy atom. The maximum Gasteiger partial charge on any atom is 0.253 e. The molecule has 1 amide bonds. The van der Waals surface area contributed by atoms with Crippen molar-refractivity contribution in [3.63, 3.8) is 0 Å². The Morgan fingerprint density at radius 1 is 0.889 bits per heavy atom. The topological polar surface area (TPSA) is 57.7 Å². The van der Waals surface area contributed by atoms with Crippen LogP contribution < -0.4 is 0 Å². The third-order valence-electron chi connectivity index (χ3n) is 5.32. The van der Waals surface area contributed by atoms with E-state index in [1.54, 1.807) is 35.2 Å². The molecule has 0 spiro atoms. The van der Waals surface area contributed by atoms with Crippen molar-refractivity contribution in [1.29, 1.82) is 0 Å². The summed E-state index contributed by atoms with van der Waals surface area (Å²) in [5.41, 5.74) is 2.97. The number of benzene rings is 2. The fraction of sp³-hybridized carbons (Fsp3) is 0.350. The van der Waals surface area contributed by atoms with Crippen LogP contribution >= 0.6 is 11.6 Å². The summed E-state index contributed by atoms with van der Waals surface area (Å²) in [6.07, 6.45) is 3.06. The van der Waals surface area contributed by atoms with Gasteiger partial charge >= 0.3 is 0 Å². The summed E-state index contributed by atoms with van der Waals surface area (Å²) >= 11 is 5.87. The Hall–Kier alpha value is -1.89. The molecule has 2 aromatic carbocycles. The van der Waals surface area contributed by atoms with Crippen LogP contribution in [0.25, 0.3) is 0 Å². The molecule has 0 aromatic heterocycles. The highest BCUT2D eigenvalue weighted by Crippen LogP contribution is 2.27. The molecule has 4 rings (SSSR count). The van der Waals surface area contributed by atoms with Gasteiger partial charge in [-0.05, 0) is 66.8 Å². The second kappa shape index (κ2) is 7.26. The number of sulfonamides is 1. The van der Waals surface area contributed by atoms with E-state index in [9.17, 15) is 13.2 Å². The van der Waals surface area contributed by atoms with Gasteiger partial charge in [-0.3, -0.25) is 4.79 Å². The van der Waals surface area contributed by atoms with Crippen LogP contribution in [-0.4, -0.2) is 49.7 Å². The van der Waals surface area contributed by atoms with E-state index in [1.807, 2.05) is 12.1 Å². The van der Waals surface area contributed by atoms with E-state index in [0.29, 0.717) is 41.7 Å². The summed E-state index contributed by atoms with van der Waals surface area (Å²) in [5.74, 6) is -0.0961. The fourth-order valence-corrected chi connectivity index (χ4v) is 5.36. The molecule has 5 nitrogen and oxygen atoms in total. The molecule has 1 saturated heterocycles. The number of hydrogen-bond donors (Lipinski definition) is 0. The molecule has 1 heterocycles. The van der Waals surface area contributed by atoms with Crippen LogP contribution in [0.2, 0.25) is 5.02 Å². The molecule has 2 aromatic rings. The Balaban J connectivity index is 1.45. The molecule has 2 aliphatic rings. The quantitative estimate of drug-likeness (QED) is 0.790. The van der Waals surface area contributed by atoms with Crippen molar-refractivity contribution < 1.29 is 13.2 Å². The second-order valence-corrected chi connectivity index (χ2v) is 9.36. The minimum Gasteiger partial charge on any atom is -0.336 e. The number of halogens is 1. The van der Waals surface area contributed by atoms with E-state index in [1.165, 1.54) is 9.87 Å². The van der Waals surface area contributed by atoms with Crippen LogP contribution in [0.1, 0.15) is 27.9 Å². The minimum atomic E-state index is -3.53. The molecule has 0 atom stereocenters. The molecule has 0 saturated carbocycles. The van der Waals surface area contributed by atoms with E-state index < -0.39 is 10.0 Å². The minimum absolute atomic E-state index is 0.0961. The van der Waals surface area contributed by atoms with Gasteiger partial charge in [0, 0.05) is 36.8 Å². The molecule has 1 fully saturated rings. The largest absolute Gasteiger partial charge is 0.336 e. The van der Waals surface area contributed by atoms with E-state index >= 15 is 0 Å². The van der Waals surface area contributed by atoms with Crippen molar-refractivity contribution in [1.82, 2.24) is 9.21 Å². The van der Waals surface area contributed by atoms with Gasteiger partial charge in [-0.1, -0.05) is 17.7 Å². The van der Waals surface area contributed by atoms with Gasteiger partial charge in [-0.15, -0.1) is 0 Å². The summed E-state index contributed by atoms with van der Waals surface area (Å²) in [5, 5.41) is 0.580. The number of fused-ring (bicyclic) bond motifs is 1. The number of aryl methyl sites for hydroxylation is 2. The van der Waals surface area contributed by atoms with Crippen molar-refractivity contribution in [2.24, 2.45) is 0 Å². The average molecular weight is 405 g/mol. The van der Waals surface area contributed by atoms with Crippen molar-refractivity contribution in [2.45, 2.75) is 24.2 Å². The molecule has 0 bridgehead atoms. The second-order valence-electron chi connectivity index (χ2n) is 6.99. The van der Waals surface area contributed by atoms with E-state index in [-0.39, 0.29) is 5.91 Å². The van der Waals surface area contributed by atoms with Gasteiger partial charge in [0.15, 0.2) is 0 Å². The highest BCUT2D eigenvalue weighted by Gasteiger charge is 2.31. The molecule has 0 N–H and O–H groups in total. The van der Waals surface area contributed by atoms with Gasteiger partial charge in [-0.2, -0.15) is 4.31 Å². The standard InChI is InChI=1S/C20H21ClN2O3S/c21-18-7-4-16(5-8-18)20(24)22-10-12-23(13-11-22)27(25,26)19-9-6-15-2-1-3-17(15)14-19/h4-9,14H,1-3,10-13H2. The van der Waals surface area contributed by atoms with Crippen molar-refractivity contribution >= 4 is 27.5 Å². The van der Waals surface area contributed by atoms with Crippen LogP contribution in [0, 0.1) is 0 Å². The number of piperazine rings is 1. The van der Waals surface area contributed by atoms with Crippen LogP contribution in [0.3, 0.4) is 0 Å². The maximum atomic E-state index is 13.0. The van der Waals surface area contributed by atoms with Crippen LogP contribution in [0.4, 0.5) is 0 Å². The van der Waals surface area contributed by atoms with E-state index in [4.69, 9.17) is 11.6 Å². The fourth-order valence-electron chi connectivity index (χ4n) is 3.76. The lowest BCUT2D eigenvalue weighted by molar-refractivity contribution is 0.0698. The first-order valence-electron chi connectivity index (χ1n) is 9.12. The third kappa shape index (κ3) is 3.61. The summed E-state index contributed by atoms with van der Waals surface area (Å²) in [6.45, 7) is 1.37. The normalized spacial score (nSPS) is 17.7. The first kappa shape index (κ1) is 18.5. The van der Waals surface area contributed by atoms with Gasteiger partial charge in [0.2, 0.25) is 10.0 Å². The summed E-state index contributed by atoms with van der Waals surface area (Å²) in [7, 11) is -3.53. The molecule has 0 radical (unpaired) electrons. The summed E-state index contributed by atoms with van der Waals surface area (Å²) in [6, 6.07) is 12.2. The number of rotatable bonds is 3. The Morgan fingerprint density at radius 2 is 1.56 bits per heavy atom. The number of carbonyl (C=O) groups excluding carboxylic acids is 1. The predicted octanol–water partition coefficient (Wildman–Crippen LogP) is 2.98. The van der Waals surface area contributed by atoms with Crippen molar-refractivity contribution in [3.8, 4) is 0 Å². The van der Waals surface area contributed by atoms with Gasteiger partial charge in [-0.25, -0.2) is 8.42 Å². The number of amides is 1. The smallest absolute Gasteiger partial charge is 0.253 e. The molecule has 1 aliphatic carbocycles. The van der Waals surface area contributed by atoms with E-state index in [0.717, 1.165) is 24.8 Å². The number of hydrogen-bond acceptors (Lipinski definition) is 3. The van der Waals surface area contributed by atoms with Crippen molar-refractivity contribution in [2.75, 3.05) is 26.2 Å². The molecular formula is C20H21ClN2O3S. The number of nitrogens with zero attached hydrogens (tertiary/aromatic N) is 2. The third-order valence-corrected chi connectivity index (χ3v) is 7.47. The lowest BCUT2D eigenvalue weighted by Crippen LogP contribution is -2.50. The molecule has 142 valence electrons. The average Bonchev–Trinajstić information content (AvgIpc) is 3.16. The van der Waals surface area contributed by atoms with Gasteiger partial charge in [0.05, 0.1) is 4.90 Å². The van der Waals surface area contributed by atoms with E-state index in [2.05, 4.69) is 0 Å². The molecule has 7 heteroatoms.